The van der Waals surface area contributed by atoms with E-state index in [4.69, 9.17) is 4.74 Å². The van der Waals surface area contributed by atoms with E-state index in [9.17, 15) is 19.5 Å². The highest BCUT2D eigenvalue weighted by Gasteiger charge is 2.34. The highest BCUT2D eigenvalue weighted by molar-refractivity contribution is 6.00. The van der Waals surface area contributed by atoms with Crippen molar-refractivity contribution in [2.75, 3.05) is 12.4 Å². The van der Waals surface area contributed by atoms with Crippen molar-refractivity contribution in [3.63, 3.8) is 0 Å². The van der Waals surface area contributed by atoms with E-state index in [1.165, 1.54) is 17.0 Å². The van der Waals surface area contributed by atoms with Gasteiger partial charge in [0, 0.05) is 19.2 Å². The van der Waals surface area contributed by atoms with E-state index in [-0.39, 0.29) is 12.2 Å². The molecule has 42 heavy (non-hydrogen) atoms. The Labute approximate surface area is 246 Å². The maximum atomic E-state index is 14.1. The minimum atomic E-state index is -1.05. The summed E-state index contributed by atoms with van der Waals surface area (Å²) in [7, 11) is 1.55. The number of aromatic hydroxyl groups is 1. The molecule has 2 atom stereocenters. The highest BCUT2D eigenvalue weighted by atomic mass is 16.6. The van der Waals surface area contributed by atoms with Crippen LogP contribution in [0.15, 0.2) is 91.0 Å². The zero-order valence-electron chi connectivity index (χ0n) is 24.5. The number of amides is 3. The van der Waals surface area contributed by atoms with Crippen LogP contribution in [0, 0.1) is 6.92 Å². The van der Waals surface area contributed by atoms with Crippen molar-refractivity contribution in [1.82, 2.24) is 10.2 Å². The SMILES string of the molecule is Cc1cccc(C(C(=O)Nc2ccc3ccccc3c2)N(C)C(=O)C(Cc2ccc(O)cc2)NC(=O)OC(C)(C)C)c1. The molecule has 0 saturated carbocycles. The Hall–Kier alpha value is -4.85. The number of fused-ring (bicyclic) bond motifs is 1. The number of anilines is 1. The van der Waals surface area contributed by atoms with Gasteiger partial charge in [0.25, 0.3) is 5.91 Å². The Kier molecular flexibility index (Phi) is 9.15. The zero-order valence-corrected chi connectivity index (χ0v) is 24.5. The number of phenols is 1. The van der Waals surface area contributed by atoms with Crippen LogP contribution in [0.2, 0.25) is 0 Å². The maximum Gasteiger partial charge on any atom is 0.408 e. The molecule has 8 nitrogen and oxygen atoms in total. The monoisotopic (exact) mass is 567 g/mol. The first-order valence-corrected chi connectivity index (χ1v) is 13.8. The maximum absolute atomic E-state index is 14.1. The van der Waals surface area contributed by atoms with Gasteiger partial charge in [0.05, 0.1) is 0 Å². The molecule has 3 N–H and O–H groups in total. The van der Waals surface area contributed by atoms with Crippen molar-refractivity contribution in [2.24, 2.45) is 0 Å². The number of nitrogens with zero attached hydrogens (tertiary/aromatic N) is 1. The third kappa shape index (κ3) is 7.87. The Bertz CT molecular complexity index is 1580. The fraction of sp³-hybridized carbons (Fsp3) is 0.265. The van der Waals surface area contributed by atoms with Crippen LogP contribution in [-0.4, -0.2) is 46.6 Å². The molecule has 4 aromatic rings. The number of hydrogen-bond acceptors (Lipinski definition) is 5. The number of ether oxygens (including phenoxy) is 1. The molecule has 0 saturated heterocycles. The standard InChI is InChI=1S/C34H37N3O5/c1-22-9-8-12-26(19-22)30(31(39)35-27-16-15-24-10-6-7-11-25(24)21-27)37(5)32(40)29(36-33(41)42-34(2,3)4)20-23-13-17-28(38)18-14-23/h6-19,21,29-30,38H,20H2,1-5H3,(H,35,39)(H,36,41). The van der Waals surface area contributed by atoms with E-state index in [0.29, 0.717) is 16.8 Å². The summed E-state index contributed by atoms with van der Waals surface area (Å²) in [4.78, 5) is 42.1. The summed E-state index contributed by atoms with van der Waals surface area (Å²) in [6.45, 7) is 7.13. The topological polar surface area (TPSA) is 108 Å². The molecule has 0 spiro atoms. The number of likely N-dealkylation sites (N-methyl/N-ethyl adjacent to an activating group) is 1. The smallest absolute Gasteiger partial charge is 0.408 e. The number of aryl methyl sites for hydroxylation is 1. The number of carbonyl (C=O) groups is 3. The molecule has 0 aliphatic heterocycles. The molecule has 218 valence electrons. The first-order chi connectivity index (χ1) is 19.9. The number of rotatable bonds is 8. The van der Waals surface area contributed by atoms with Gasteiger partial charge in [-0.1, -0.05) is 72.3 Å². The highest BCUT2D eigenvalue weighted by Crippen LogP contribution is 2.26. The predicted octanol–water partition coefficient (Wildman–Crippen LogP) is 6.13. The normalized spacial score (nSPS) is 12.7. The summed E-state index contributed by atoms with van der Waals surface area (Å²) in [6.07, 6.45) is -0.629. The summed E-state index contributed by atoms with van der Waals surface area (Å²) in [5.41, 5.74) is 2.11. The largest absolute Gasteiger partial charge is 0.508 e. The fourth-order valence-corrected chi connectivity index (χ4v) is 4.76. The van der Waals surface area contributed by atoms with Gasteiger partial charge < -0.3 is 25.4 Å². The van der Waals surface area contributed by atoms with Crippen LogP contribution in [0.4, 0.5) is 10.5 Å². The lowest BCUT2D eigenvalue weighted by molar-refractivity contribution is -0.139. The molecule has 0 radical (unpaired) electrons. The summed E-state index contributed by atoms with van der Waals surface area (Å²) < 4.78 is 5.44. The summed E-state index contributed by atoms with van der Waals surface area (Å²) in [6, 6.07) is 25.3. The lowest BCUT2D eigenvalue weighted by Gasteiger charge is -2.32. The molecular weight excluding hydrogens is 530 g/mol. The molecule has 0 bridgehead atoms. The molecule has 3 amide bonds. The van der Waals surface area contributed by atoms with Crippen molar-refractivity contribution in [1.29, 1.82) is 0 Å². The molecule has 0 fully saturated rings. The van der Waals surface area contributed by atoms with Crippen LogP contribution in [0.25, 0.3) is 10.8 Å². The minimum Gasteiger partial charge on any atom is -0.508 e. The van der Waals surface area contributed by atoms with Crippen molar-refractivity contribution in [3.8, 4) is 5.75 Å². The Morgan fingerprint density at radius 2 is 1.57 bits per heavy atom. The number of hydrogen-bond donors (Lipinski definition) is 3. The molecule has 0 aliphatic carbocycles. The van der Waals surface area contributed by atoms with Gasteiger partial charge in [-0.2, -0.15) is 0 Å². The van der Waals surface area contributed by atoms with Crippen LogP contribution in [0.3, 0.4) is 0 Å². The number of benzene rings is 4. The number of phenolic OH excluding ortho intramolecular Hbond substituents is 1. The number of alkyl carbamates (subject to hydrolysis) is 1. The minimum absolute atomic E-state index is 0.0868. The van der Waals surface area contributed by atoms with Gasteiger partial charge in [0.15, 0.2) is 0 Å². The third-order valence-corrected chi connectivity index (χ3v) is 6.72. The van der Waals surface area contributed by atoms with E-state index in [0.717, 1.165) is 16.3 Å². The van der Waals surface area contributed by atoms with Gasteiger partial charge in [-0.3, -0.25) is 9.59 Å². The van der Waals surface area contributed by atoms with Crippen molar-refractivity contribution >= 4 is 34.4 Å². The Morgan fingerprint density at radius 1 is 0.881 bits per heavy atom. The quantitative estimate of drug-likeness (QED) is 0.238. The number of nitrogens with one attached hydrogen (secondary N) is 2. The van der Waals surface area contributed by atoms with Crippen molar-refractivity contribution in [2.45, 2.75) is 51.8 Å². The van der Waals surface area contributed by atoms with Crippen molar-refractivity contribution < 1.29 is 24.2 Å². The lowest BCUT2D eigenvalue weighted by Crippen LogP contribution is -2.52. The van der Waals surface area contributed by atoms with Gasteiger partial charge in [-0.25, -0.2) is 4.79 Å². The second-order valence-electron chi connectivity index (χ2n) is 11.4. The molecule has 4 rings (SSSR count). The van der Waals surface area contributed by atoms with Gasteiger partial charge in [0.2, 0.25) is 5.91 Å². The Morgan fingerprint density at radius 3 is 2.24 bits per heavy atom. The molecular formula is C34H37N3O5. The molecule has 0 aromatic heterocycles. The summed E-state index contributed by atoms with van der Waals surface area (Å²) in [5.74, 6) is -0.787. The predicted molar refractivity (Wildman–Crippen MR) is 164 cm³/mol. The fourth-order valence-electron chi connectivity index (χ4n) is 4.76. The average molecular weight is 568 g/mol. The van der Waals surface area contributed by atoms with E-state index in [2.05, 4.69) is 10.6 Å². The summed E-state index contributed by atoms with van der Waals surface area (Å²) in [5, 5.41) is 17.4. The van der Waals surface area contributed by atoms with E-state index < -0.39 is 35.6 Å². The first-order valence-electron chi connectivity index (χ1n) is 13.8. The van der Waals surface area contributed by atoms with E-state index in [1.807, 2.05) is 67.6 Å². The average Bonchev–Trinajstić information content (AvgIpc) is 2.92. The van der Waals surface area contributed by atoms with E-state index in [1.54, 1.807) is 46.0 Å². The second-order valence-corrected chi connectivity index (χ2v) is 11.4. The molecule has 0 aliphatic rings. The van der Waals surface area contributed by atoms with Crippen LogP contribution < -0.4 is 10.6 Å². The summed E-state index contributed by atoms with van der Waals surface area (Å²) >= 11 is 0. The van der Waals surface area contributed by atoms with Gasteiger partial charge >= 0.3 is 6.09 Å². The van der Waals surface area contributed by atoms with E-state index >= 15 is 0 Å². The third-order valence-electron chi connectivity index (χ3n) is 6.72. The van der Waals surface area contributed by atoms with Crippen LogP contribution >= 0.6 is 0 Å². The molecule has 8 heteroatoms. The molecule has 2 unspecified atom stereocenters. The second kappa shape index (κ2) is 12.8. The molecule has 4 aromatic carbocycles. The first kappa shape index (κ1) is 30.1. The van der Waals surface area contributed by atoms with Crippen LogP contribution in [0.1, 0.15) is 43.5 Å². The lowest BCUT2D eigenvalue weighted by atomic mass is 9.99. The van der Waals surface area contributed by atoms with Gasteiger partial charge in [-0.15, -0.1) is 0 Å². The van der Waals surface area contributed by atoms with Gasteiger partial charge in [0.1, 0.15) is 23.4 Å². The number of carbonyl (C=O) groups excluding carboxylic acids is 3. The molecule has 0 heterocycles. The Balaban J connectivity index is 1.66. The van der Waals surface area contributed by atoms with Crippen molar-refractivity contribution in [3.05, 3.63) is 108 Å². The van der Waals surface area contributed by atoms with Crippen LogP contribution in [0.5, 0.6) is 5.75 Å². The van der Waals surface area contributed by atoms with Crippen LogP contribution in [-0.2, 0) is 20.7 Å². The zero-order chi connectivity index (χ0) is 30.4. The van der Waals surface area contributed by atoms with Gasteiger partial charge in [-0.05, 0) is 73.9 Å².